The quantitative estimate of drug-likeness (QED) is 0.162. The maximum Gasteiger partial charge on any atom is 0.164 e. The molecule has 298 valence electrons. The first-order chi connectivity index (χ1) is 31.7. The summed E-state index contributed by atoms with van der Waals surface area (Å²) in [6.07, 6.45) is 0. The molecule has 2 aliphatic rings. The fourth-order valence-electron chi connectivity index (χ4n) is 10.1. The molecule has 3 heterocycles. The van der Waals surface area contributed by atoms with Gasteiger partial charge in [0.15, 0.2) is 17.5 Å². The van der Waals surface area contributed by atoms with E-state index in [-0.39, 0.29) is 0 Å². The average molecular weight is 817 g/mol. The lowest BCUT2D eigenvalue weighted by Gasteiger charge is -2.39. The third kappa shape index (κ3) is 5.51. The van der Waals surface area contributed by atoms with Gasteiger partial charge < -0.3 is 4.74 Å². The summed E-state index contributed by atoms with van der Waals surface area (Å²) in [6, 6.07) is 76.7. The van der Waals surface area contributed by atoms with Crippen molar-refractivity contribution in [3.8, 4) is 79.2 Å². The molecule has 0 unspecified atom stereocenters. The minimum Gasteiger partial charge on any atom is -0.457 e. The van der Waals surface area contributed by atoms with Gasteiger partial charge in [0.05, 0.1) is 16.6 Å². The van der Waals surface area contributed by atoms with Crippen LogP contribution in [0.3, 0.4) is 0 Å². The molecule has 1 aliphatic carbocycles. The third-order valence-corrected chi connectivity index (χ3v) is 13.0. The number of ether oxygens (including phenoxy) is 1. The summed E-state index contributed by atoms with van der Waals surface area (Å²) in [7, 11) is 0. The zero-order valence-corrected chi connectivity index (χ0v) is 34.5. The molecule has 9 aromatic carbocycles. The summed E-state index contributed by atoms with van der Waals surface area (Å²) in [6.45, 7) is 0. The Morgan fingerprint density at radius 3 is 1.47 bits per heavy atom. The first-order valence-corrected chi connectivity index (χ1v) is 21.6. The average Bonchev–Trinajstić information content (AvgIpc) is 3.66. The monoisotopic (exact) mass is 816 g/mol. The molecule has 0 saturated heterocycles. The molecule has 64 heavy (non-hydrogen) atoms. The number of benzene rings is 9. The second-order valence-electron chi connectivity index (χ2n) is 16.5. The van der Waals surface area contributed by atoms with Crippen LogP contribution in [0.4, 0.5) is 0 Å². The van der Waals surface area contributed by atoms with Crippen LogP contribution in [0.1, 0.15) is 22.3 Å². The van der Waals surface area contributed by atoms with Gasteiger partial charge >= 0.3 is 0 Å². The van der Waals surface area contributed by atoms with Gasteiger partial charge in [0, 0.05) is 44.2 Å². The Kier molecular flexibility index (Phi) is 8.06. The molecule has 0 saturated carbocycles. The van der Waals surface area contributed by atoms with Gasteiger partial charge in [0.25, 0.3) is 0 Å². The molecule has 0 atom stereocenters. The van der Waals surface area contributed by atoms with Crippen molar-refractivity contribution in [2.24, 2.45) is 0 Å². The standard InChI is InChI=1S/C59H36N4O/c1-3-17-37(18-4-1)56-61-57(38-19-5-2-6-20-38)63-58(62-56)42-24-16-22-40(34-42)39-21-15-23-41(33-39)55-47-36-54-51(35-46(47)45-27-9-13-31-52(45)60-55)59(50-30-12-14-32-53(50)64-54)48-28-10-7-25-43(48)44-26-8-11-29-49(44)59/h1-36H. The fourth-order valence-corrected chi connectivity index (χ4v) is 10.1. The molecule has 11 aromatic rings. The van der Waals surface area contributed by atoms with Crippen LogP contribution < -0.4 is 4.74 Å². The molecular weight excluding hydrogens is 781 g/mol. The molecule has 1 spiro atoms. The Hall–Kier alpha value is -8.54. The molecule has 0 amide bonds. The van der Waals surface area contributed by atoms with Gasteiger partial charge in [-0.2, -0.15) is 0 Å². The summed E-state index contributed by atoms with van der Waals surface area (Å²) < 4.78 is 6.98. The number of para-hydroxylation sites is 2. The van der Waals surface area contributed by atoms with Crippen LogP contribution in [0.5, 0.6) is 11.5 Å². The fraction of sp³-hybridized carbons (Fsp3) is 0.0169. The van der Waals surface area contributed by atoms with E-state index >= 15 is 0 Å². The lowest BCUT2D eigenvalue weighted by molar-refractivity contribution is 0.437. The molecular formula is C59H36N4O. The van der Waals surface area contributed by atoms with Gasteiger partial charge in [0.1, 0.15) is 11.5 Å². The Balaban J connectivity index is 0.982. The summed E-state index contributed by atoms with van der Waals surface area (Å²) in [5.41, 5.74) is 14.5. The highest BCUT2D eigenvalue weighted by atomic mass is 16.5. The van der Waals surface area contributed by atoms with Crippen molar-refractivity contribution in [1.82, 2.24) is 19.9 Å². The molecule has 0 bridgehead atoms. The molecule has 0 N–H and O–H groups in total. The maximum absolute atomic E-state index is 6.98. The zero-order valence-electron chi connectivity index (χ0n) is 34.5. The number of hydrogen-bond donors (Lipinski definition) is 0. The Morgan fingerprint density at radius 1 is 0.297 bits per heavy atom. The molecule has 13 rings (SSSR count). The van der Waals surface area contributed by atoms with E-state index in [9.17, 15) is 0 Å². The van der Waals surface area contributed by atoms with Crippen LogP contribution in [-0.2, 0) is 5.41 Å². The van der Waals surface area contributed by atoms with Crippen LogP contribution in [-0.4, -0.2) is 19.9 Å². The topological polar surface area (TPSA) is 60.8 Å². The molecule has 5 nitrogen and oxygen atoms in total. The van der Waals surface area contributed by atoms with Crippen molar-refractivity contribution in [3.05, 3.63) is 241 Å². The lowest BCUT2D eigenvalue weighted by Crippen LogP contribution is -2.32. The highest BCUT2D eigenvalue weighted by Gasteiger charge is 2.51. The second-order valence-corrected chi connectivity index (χ2v) is 16.5. The number of rotatable bonds is 5. The van der Waals surface area contributed by atoms with Crippen LogP contribution in [0.25, 0.3) is 89.4 Å². The van der Waals surface area contributed by atoms with Gasteiger partial charge in [-0.25, -0.2) is 19.9 Å². The molecule has 1 aliphatic heterocycles. The Bertz CT molecular complexity index is 3560. The summed E-state index contributed by atoms with van der Waals surface area (Å²) in [4.78, 5) is 20.4. The number of aromatic nitrogens is 4. The van der Waals surface area contributed by atoms with Gasteiger partial charge in [0.2, 0.25) is 0 Å². The maximum atomic E-state index is 6.98. The van der Waals surface area contributed by atoms with Crippen molar-refractivity contribution < 1.29 is 4.74 Å². The number of hydrogen-bond acceptors (Lipinski definition) is 5. The van der Waals surface area contributed by atoms with E-state index in [0.29, 0.717) is 17.5 Å². The molecule has 0 radical (unpaired) electrons. The number of nitrogens with zero attached hydrogens (tertiary/aromatic N) is 4. The minimum atomic E-state index is -0.566. The summed E-state index contributed by atoms with van der Waals surface area (Å²) >= 11 is 0. The first-order valence-electron chi connectivity index (χ1n) is 21.6. The van der Waals surface area contributed by atoms with Crippen molar-refractivity contribution >= 4 is 21.7 Å². The molecule has 2 aromatic heterocycles. The van der Waals surface area contributed by atoms with Crippen LogP contribution in [0, 0.1) is 0 Å². The van der Waals surface area contributed by atoms with Crippen molar-refractivity contribution in [1.29, 1.82) is 0 Å². The van der Waals surface area contributed by atoms with E-state index in [1.54, 1.807) is 0 Å². The Labute approximate surface area is 370 Å². The van der Waals surface area contributed by atoms with E-state index < -0.39 is 5.41 Å². The van der Waals surface area contributed by atoms with Gasteiger partial charge in [-0.15, -0.1) is 0 Å². The Morgan fingerprint density at radius 2 is 0.797 bits per heavy atom. The predicted octanol–water partition coefficient (Wildman–Crippen LogP) is 14.4. The zero-order chi connectivity index (χ0) is 42.2. The first kappa shape index (κ1) is 36.1. The highest BCUT2D eigenvalue weighted by molar-refractivity contribution is 6.12. The van der Waals surface area contributed by atoms with Crippen LogP contribution in [0.15, 0.2) is 218 Å². The molecule has 0 fully saturated rings. The van der Waals surface area contributed by atoms with Crippen LogP contribution in [0.2, 0.25) is 0 Å². The SMILES string of the molecule is c1ccc(-c2nc(-c3ccccc3)nc(-c3cccc(-c4cccc(-c5nc6ccccc6c6cc7c(cc56)Oc5ccccc5C75c6ccccc6-c6ccccc65)c4)c3)n2)cc1. The summed E-state index contributed by atoms with van der Waals surface area (Å²) in [5, 5.41) is 3.27. The van der Waals surface area contributed by atoms with Crippen molar-refractivity contribution in [3.63, 3.8) is 0 Å². The van der Waals surface area contributed by atoms with E-state index in [2.05, 4.69) is 158 Å². The van der Waals surface area contributed by atoms with Gasteiger partial charge in [-0.3, -0.25) is 0 Å². The van der Waals surface area contributed by atoms with Gasteiger partial charge in [-0.05, 0) is 75.2 Å². The van der Waals surface area contributed by atoms with E-state index in [1.807, 2.05) is 60.7 Å². The normalized spacial score (nSPS) is 12.9. The summed E-state index contributed by atoms with van der Waals surface area (Å²) in [5.74, 6) is 3.58. The van der Waals surface area contributed by atoms with Crippen LogP contribution >= 0.6 is 0 Å². The molecule has 5 heteroatoms. The van der Waals surface area contributed by atoms with E-state index in [4.69, 9.17) is 24.7 Å². The van der Waals surface area contributed by atoms with Gasteiger partial charge in [-0.1, -0.05) is 182 Å². The third-order valence-electron chi connectivity index (χ3n) is 13.0. The van der Waals surface area contributed by atoms with Crippen molar-refractivity contribution in [2.75, 3.05) is 0 Å². The predicted molar refractivity (Wildman–Crippen MR) is 257 cm³/mol. The number of fused-ring (bicyclic) bond motifs is 12. The largest absolute Gasteiger partial charge is 0.457 e. The highest BCUT2D eigenvalue weighted by Crippen LogP contribution is 2.62. The smallest absolute Gasteiger partial charge is 0.164 e. The van der Waals surface area contributed by atoms with Crippen molar-refractivity contribution in [2.45, 2.75) is 5.41 Å². The number of pyridine rings is 1. The second kappa shape index (κ2) is 14.3. The van der Waals surface area contributed by atoms with E-state index in [1.165, 1.54) is 22.3 Å². The van der Waals surface area contributed by atoms with E-state index in [0.717, 1.165) is 83.4 Å². The minimum absolute atomic E-state index is 0.566. The lowest BCUT2D eigenvalue weighted by atomic mass is 9.65.